The molecule has 0 aliphatic carbocycles. The second-order valence-corrected chi connectivity index (χ2v) is 4.76. The first-order chi connectivity index (χ1) is 8.79. The Bertz CT molecular complexity index is 496. The first-order valence-electron chi connectivity index (χ1n) is 5.99. The van der Waals surface area contributed by atoms with Gasteiger partial charge in [0.1, 0.15) is 5.75 Å². The number of ether oxygens (including phenoxy) is 1. The lowest BCUT2D eigenvalue weighted by molar-refractivity contribution is 0.340. The maximum atomic E-state index is 5.41. The molecule has 0 fully saturated rings. The zero-order valence-electron chi connectivity index (χ0n) is 10.3. The van der Waals surface area contributed by atoms with Gasteiger partial charge in [-0.1, -0.05) is 34.1 Å². The molecule has 2 rings (SSSR count). The minimum Gasteiger partial charge on any atom is -0.494 e. The summed E-state index contributed by atoms with van der Waals surface area (Å²) < 4.78 is 6.54. The molecule has 2 aromatic carbocycles. The van der Waals surface area contributed by atoms with E-state index in [1.54, 1.807) is 0 Å². The van der Waals surface area contributed by atoms with Gasteiger partial charge in [-0.25, -0.2) is 0 Å². The number of anilines is 1. The predicted octanol–water partition coefficient (Wildman–Crippen LogP) is 4.46. The predicted molar refractivity (Wildman–Crippen MR) is 79.1 cm³/mol. The summed E-state index contributed by atoms with van der Waals surface area (Å²) in [6.07, 6.45) is 0. The molecule has 0 aliphatic rings. The third kappa shape index (κ3) is 3.50. The number of benzene rings is 2. The molecule has 2 aromatic rings. The Morgan fingerprint density at radius 1 is 1.06 bits per heavy atom. The van der Waals surface area contributed by atoms with Crippen LogP contribution in [0.4, 0.5) is 5.69 Å². The summed E-state index contributed by atoms with van der Waals surface area (Å²) in [4.78, 5) is 0. The van der Waals surface area contributed by atoms with Crippen molar-refractivity contribution in [3.63, 3.8) is 0 Å². The minimum absolute atomic E-state index is 0.698. The largest absolute Gasteiger partial charge is 0.494 e. The molecule has 1 N–H and O–H groups in total. The van der Waals surface area contributed by atoms with Crippen LogP contribution in [0.15, 0.2) is 53.0 Å². The van der Waals surface area contributed by atoms with Crippen molar-refractivity contribution in [3.8, 4) is 5.75 Å². The van der Waals surface area contributed by atoms with Gasteiger partial charge in [0.25, 0.3) is 0 Å². The topological polar surface area (TPSA) is 21.3 Å². The number of hydrogen-bond donors (Lipinski definition) is 1. The van der Waals surface area contributed by atoms with Crippen molar-refractivity contribution >= 4 is 21.6 Å². The number of hydrogen-bond acceptors (Lipinski definition) is 2. The average Bonchev–Trinajstić information content (AvgIpc) is 2.40. The van der Waals surface area contributed by atoms with Gasteiger partial charge in [-0.05, 0) is 42.8 Å². The highest BCUT2D eigenvalue weighted by molar-refractivity contribution is 9.10. The Labute approximate surface area is 116 Å². The summed E-state index contributed by atoms with van der Waals surface area (Å²) in [5.41, 5.74) is 2.33. The van der Waals surface area contributed by atoms with Gasteiger partial charge in [0, 0.05) is 16.7 Å². The third-order valence-corrected chi connectivity index (χ3v) is 3.38. The molecule has 0 radical (unpaired) electrons. The lowest BCUT2D eigenvalue weighted by atomic mass is 10.2. The van der Waals surface area contributed by atoms with Crippen LogP contribution in [0, 0.1) is 0 Å². The van der Waals surface area contributed by atoms with E-state index in [9.17, 15) is 0 Å². The van der Waals surface area contributed by atoms with Crippen molar-refractivity contribution in [2.24, 2.45) is 0 Å². The van der Waals surface area contributed by atoms with Crippen molar-refractivity contribution < 1.29 is 4.74 Å². The summed E-state index contributed by atoms with van der Waals surface area (Å²) in [7, 11) is 0. The van der Waals surface area contributed by atoms with Gasteiger partial charge >= 0.3 is 0 Å². The van der Waals surface area contributed by atoms with E-state index in [4.69, 9.17) is 4.74 Å². The smallest absolute Gasteiger partial charge is 0.119 e. The molecule has 0 saturated carbocycles. The van der Waals surface area contributed by atoms with Gasteiger partial charge < -0.3 is 10.1 Å². The van der Waals surface area contributed by atoms with E-state index in [-0.39, 0.29) is 0 Å². The van der Waals surface area contributed by atoms with Crippen molar-refractivity contribution in [1.29, 1.82) is 0 Å². The second-order valence-electron chi connectivity index (χ2n) is 3.90. The van der Waals surface area contributed by atoms with Gasteiger partial charge in [-0.15, -0.1) is 0 Å². The lowest BCUT2D eigenvalue weighted by Gasteiger charge is -2.09. The van der Waals surface area contributed by atoms with E-state index in [2.05, 4.69) is 33.4 Å². The van der Waals surface area contributed by atoms with E-state index in [0.717, 1.165) is 22.5 Å². The average molecular weight is 306 g/mol. The van der Waals surface area contributed by atoms with E-state index in [0.29, 0.717) is 6.61 Å². The molecule has 2 nitrogen and oxygen atoms in total. The molecule has 18 heavy (non-hydrogen) atoms. The molecule has 3 heteroatoms. The standard InChI is InChI=1S/C15H16BrNO/c1-2-18-14-9-7-13(8-10-14)17-11-12-5-3-4-6-15(12)16/h3-10,17H,2,11H2,1H3. The van der Waals surface area contributed by atoms with Crippen LogP contribution in [-0.4, -0.2) is 6.61 Å². The van der Waals surface area contributed by atoms with E-state index in [1.807, 2.05) is 43.3 Å². The van der Waals surface area contributed by atoms with Gasteiger partial charge in [0.2, 0.25) is 0 Å². The highest BCUT2D eigenvalue weighted by Gasteiger charge is 1.98. The van der Waals surface area contributed by atoms with Crippen LogP contribution in [-0.2, 0) is 6.54 Å². The second kappa shape index (κ2) is 6.45. The number of rotatable bonds is 5. The monoisotopic (exact) mass is 305 g/mol. The summed E-state index contributed by atoms with van der Waals surface area (Å²) in [6.45, 7) is 3.48. The first kappa shape index (κ1) is 13.0. The number of halogens is 1. The molecular formula is C15H16BrNO. The van der Waals surface area contributed by atoms with Crippen molar-refractivity contribution in [1.82, 2.24) is 0 Å². The van der Waals surface area contributed by atoms with E-state index in [1.165, 1.54) is 5.56 Å². The third-order valence-electron chi connectivity index (χ3n) is 2.61. The molecule has 0 atom stereocenters. The summed E-state index contributed by atoms with van der Waals surface area (Å²) in [6, 6.07) is 16.2. The SMILES string of the molecule is CCOc1ccc(NCc2ccccc2Br)cc1. The molecule has 0 unspecified atom stereocenters. The van der Waals surface area contributed by atoms with E-state index >= 15 is 0 Å². The first-order valence-corrected chi connectivity index (χ1v) is 6.79. The highest BCUT2D eigenvalue weighted by atomic mass is 79.9. The quantitative estimate of drug-likeness (QED) is 0.880. The van der Waals surface area contributed by atoms with Crippen LogP contribution in [0.5, 0.6) is 5.75 Å². The molecule has 0 saturated heterocycles. The normalized spacial score (nSPS) is 10.1. The minimum atomic E-state index is 0.698. The molecule has 0 bridgehead atoms. The van der Waals surface area contributed by atoms with Gasteiger partial charge in [-0.2, -0.15) is 0 Å². The summed E-state index contributed by atoms with van der Waals surface area (Å²) in [5.74, 6) is 0.906. The number of nitrogens with one attached hydrogen (secondary N) is 1. The molecule has 0 spiro atoms. The van der Waals surface area contributed by atoms with Crippen LogP contribution in [0.1, 0.15) is 12.5 Å². The maximum Gasteiger partial charge on any atom is 0.119 e. The highest BCUT2D eigenvalue weighted by Crippen LogP contribution is 2.19. The Morgan fingerprint density at radius 3 is 2.44 bits per heavy atom. The zero-order chi connectivity index (χ0) is 12.8. The summed E-state index contributed by atoms with van der Waals surface area (Å²) in [5, 5.41) is 3.39. The molecule has 0 heterocycles. The van der Waals surface area contributed by atoms with Crippen LogP contribution in [0.25, 0.3) is 0 Å². The van der Waals surface area contributed by atoms with Crippen molar-refractivity contribution in [2.45, 2.75) is 13.5 Å². The lowest BCUT2D eigenvalue weighted by Crippen LogP contribution is -2.00. The molecule has 0 aromatic heterocycles. The van der Waals surface area contributed by atoms with Crippen LogP contribution in [0.3, 0.4) is 0 Å². The fourth-order valence-electron chi connectivity index (χ4n) is 1.67. The van der Waals surface area contributed by atoms with Crippen molar-refractivity contribution in [2.75, 3.05) is 11.9 Å². The van der Waals surface area contributed by atoms with Gasteiger partial charge in [-0.3, -0.25) is 0 Å². The van der Waals surface area contributed by atoms with Crippen LogP contribution < -0.4 is 10.1 Å². The Kier molecular flexibility index (Phi) is 4.65. The zero-order valence-corrected chi connectivity index (χ0v) is 11.9. The van der Waals surface area contributed by atoms with Crippen molar-refractivity contribution in [3.05, 3.63) is 58.6 Å². The fourth-order valence-corrected chi connectivity index (χ4v) is 2.10. The molecular weight excluding hydrogens is 290 g/mol. The van der Waals surface area contributed by atoms with Gasteiger partial charge in [0.05, 0.1) is 6.61 Å². The summed E-state index contributed by atoms with van der Waals surface area (Å²) >= 11 is 3.54. The molecule has 94 valence electrons. The van der Waals surface area contributed by atoms with Crippen LogP contribution in [0.2, 0.25) is 0 Å². The molecule has 0 amide bonds. The molecule has 0 aliphatic heterocycles. The Balaban J connectivity index is 1.96. The Morgan fingerprint density at radius 2 is 1.78 bits per heavy atom. The fraction of sp³-hybridized carbons (Fsp3) is 0.200. The van der Waals surface area contributed by atoms with E-state index < -0.39 is 0 Å². The van der Waals surface area contributed by atoms with Crippen LogP contribution >= 0.6 is 15.9 Å². The Hall–Kier alpha value is -1.48. The maximum absolute atomic E-state index is 5.41. The van der Waals surface area contributed by atoms with Gasteiger partial charge in [0.15, 0.2) is 0 Å².